The van der Waals surface area contributed by atoms with Crippen molar-refractivity contribution in [3.8, 4) is 0 Å². The summed E-state index contributed by atoms with van der Waals surface area (Å²) >= 11 is 7.00. The molecule has 2 aliphatic rings. The van der Waals surface area contributed by atoms with E-state index < -0.39 is 10.0 Å². The Morgan fingerprint density at radius 3 is 2.26 bits per heavy atom. The summed E-state index contributed by atoms with van der Waals surface area (Å²) < 4.78 is 28.1. The predicted octanol–water partition coefficient (Wildman–Crippen LogP) is 3.53. The summed E-state index contributed by atoms with van der Waals surface area (Å²) in [7, 11) is -3.39. The molecule has 6 heteroatoms. The minimum atomic E-state index is -3.39. The quantitative estimate of drug-likeness (QED) is 0.702. The van der Waals surface area contributed by atoms with Crippen LogP contribution < -0.4 is 0 Å². The van der Waals surface area contributed by atoms with Crippen molar-refractivity contribution in [1.29, 1.82) is 0 Å². The lowest BCUT2D eigenvalue weighted by Gasteiger charge is -2.36. The van der Waals surface area contributed by atoms with Crippen molar-refractivity contribution in [2.24, 2.45) is 0 Å². The maximum absolute atomic E-state index is 12.9. The number of hydrogen-bond acceptors (Lipinski definition) is 2. The molecule has 1 aromatic carbocycles. The number of sulfonamides is 1. The highest BCUT2D eigenvalue weighted by molar-refractivity contribution is 9.10. The van der Waals surface area contributed by atoms with Crippen LogP contribution in [0, 0.1) is 0 Å². The van der Waals surface area contributed by atoms with Gasteiger partial charge >= 0.3 is 0 Å². The highest BCUT2D eigenvalue weighted by Gasteiger charge is 2.46. The average molecular weight is 409 g/mol. The number of halogens is 2. The smallest absolute Gasteiger partial charge is 0.207 e. The van der Waals surface area contributed by atoms with E-state index >= 15 is 0 Å². The fraction of sp³-hybridized carbons (Fsp3) is 0.538. The summed E-state index contributed by atoms with van der Waals surface area (Å²) in [6, 6.07) is 7.38. The lowest BCUT2D eigenvalue weighted by Crippen LogP contribution is -2.46. The van der Waals surface area contributed by atoms with Gasteiger partial charge in [0.2, 0.25) is 10.0 Å². The zero-order chi connectivity index (χ0) is 13.6. The zero-order valence-corrected chi connectivity index (χ0v) is 14.3. The summed E-state index contributed by atoms with van der Waals surface area (Å²) in [6.45, 7) is 0. The summed E-state index contributed by atoms with van der Waals surface area (Å²) in [6.07, 6.45) is 3.80. The molecule has 0 saturated carbocycles. The molecule has 0 N–H and O–H groups in total. The third kappa shape index (κ3) is 2.41. The number of fused-ring (bicyclic) bond motifs is 2. The number of benzene rings is 1. The van der Waals surface area contributed by atoms with Gasteiger partial charge in [-0.1, -0.05) is 28.1 Å². The van der Waals surface area contributed by atoms with E-state index in [0.717, 1.165) is 25.7 Å². The molecule has 0 amide bonds. The summed E-state index contributed by atoms with van der Waals surface area (Å²) in [4.78, 5) is 0.843. The second kappa shape index (κ2) is 5.13. The normalized spacial score (nSPS) is 31.6. The van der Waals surface area contributed by atoms with Gasteiger partial charge in [-0.2, -0.15) is 4.31 Å². The number of rotatable bonds is 2. The van der Waals surface area contributed by atoms with Crippen molar-refractivity contribution in [2.75, 3.05) is 0 Å². The molecule has 1 aromatic rings. The van der Waals surface area contributed by atoms with E-state index in [-0.39, 0.29) is 12.1 Å². The van der Waals surface area contributed by atoms with Gasteiger partial charge in [-0.05, 0) is 53.7 Å². The molecule has 3 nitrogen and oxygen atoms in total. The molecular weight excluding hydrogens is 394 g/mol. The Kier molecular flexibility index (Phi) is 3.79. The maximum atomic E-state index is 12.9. The van der Waals surface area contributed by atoms with Crippen molar-refractivity contribution >= 4 is 41.9 Å². The highest BCUT2D eigenvalue weighted by atomic mass is 79.9. The largest absolute Gasteiger partial charge is 0.244 e. The van der Waals surface area contributed by atoms with Crippen LogP contribution in [0.4, 0.5) is 0 Å². The molecule has 104 valence electrons. The van der Waals surface area contributed by atoms with Gasteiger partial charge in [0.25, 0.3) is 0 Å². The Morgan fingerprint density at radius 2 is 1.68 bits per heavy atom. The first-order chi connectivity index (χ1) is 9.00. The molecule has 2 unspecified atom stereocenters. The van der Waals surface area contributed by atoms with Crippen molar-refractivity contribution in [2.45, 2.75) is 47.5 Å². The van der Waals surface area contributed by atoms with Gasteiger partial charge in [-0.15, -0.1) is 0 Å². The van der Waals surface area contributed by atoms with E-state index in [1.54, 1.807) is 22.5 Å². The van der Waals surface area contributed by atoms with Crippen LogP contribution in [-0.2, 0) is 10.0 Å². The van der Waals surface area contributed by atoms with E-state index in [1.165, 1.54) is 0 Å². The van der Waals surface area contributed by atoms with Crippen LogP contribution in [0.15, 0.2) is 33.6 Å². The van der Waals surface area contributed by atoms with Crippen molar-refractivity contribution < 1.29 is 8.42 Å². The monoisotopic (exact) mass is 407 g/mol. The maximum Gasteiger partial charge on any atom is 0.244 e. The van der Waals surface area contributed by atoms with Gasteiger partial charge in [0, 0.05) is 21.4 Å². The Bertz CT molecular complexity index is 576. The topological polar surface area (TPSA) is 37.4 Å². The first-order valence-corrected chi connectivity index (χ1v) is 9.57. The fourth-order valence-electron chi connectivity index (χ4n) is 3.23. The molecule has 2 fully saturated rings. The van der Waals surface area contributed by atoms with E-state index in [4.69, 9.17) is 0 Å². The van der Waals surface area contributed by atoms with E-state index in [0.29, 0.717) is 14.2 Å². The summed E-state index contributed by atoms with van der Waals surface area (Å²) in [5.74, 6) is 0. The molecular formula is C13H15Br2NO2S. The summed E-state index contributed by atoms with van der Waals surface area (Å²) in [5, 5.41) is 0. The van der Waals surface area contributed by atoms with E-state index in [2.05, 4.69) is 31.9 Å². The van der Waals surface area contributed by atoms with Crippen LogP contribution >= 0.6 is 31.9 Å². The molecule has 0 radical (unpaired) electrons. The van der Waals surface area contributed by atoms with Crippen LogP contribution in [0.25, 0.3) is 0 Å². The zero-order valence-electron chi connectivity index (χ0n) is 10.3. The van der Waals surface area contributed by atoms with Gasteiger partial charge in [0.05, 0.1) is 4.90 Å². The first kappa shape index (κ1) is 14.0. The molecule has 2 heterocycles. The molecule has 2 bridgehead atoms. The van der Waals surface area contributed by atoms with Crippen molar-refractivity contribution in [3.63, 3.8) is 0 Å². The second-order valence-electron chi connectivity index (χ2n) is 5.22. The number of nitrogens with zero attached hydrogens (tertiary/aromatic N) is 1. The Balaban J connectivity index is 2.01. The Labute approximate surface area is 130 Å². The van der Waals surface area contributed by atoms with Crippen molar-refractivity contribution in [3.05, 3.63) is 28.7 Å². The molecule has 2 saturated heterocycles. The second-order valence-corrected chi connectivity index (χ2v) is 9.18. The SMILES string of the molecule is O=S(=O)(c1ccccc1Br)N1C2CCC1CC(Br)C2. The lowest BCUT2D eigenvalue weighted by molar-refractivity contribution is 0.255. The van der Waals surface area contributed by atoms with Gasteiger partial charge in [0.1, 0.15) is 0 Å². The van der Waals surface area contributed by atoms with Crippen LogP contribution in [0.1, 0.15) is 25.7 Å². The lowest BCUT2D eigenvalue weighted by atomic mass is 10.1. The Hall–Kier alpha value is 0.0900. The number of piperidine rings is 1. The Morgan fingerprint density at radius 1 is 1.11 bits per heavy atom. The molecule has 2 atom stereocenters. The minimum Gasteiger partial charge on any atom is -0.207 e. The van der Waals surface area contributed by atoms with E-state index in [1.807, 2.05) is 6.07 Å². The standard InChI is InChI=1S/C13H15Br2NO2S/c14-9-7-10-5-6-11(8-9)16(10)19(17,18)13-4-2-1-3-12(13)15/h1-4,9-11H,5-8H2. The van der Waals surface area contributed by atoms with Gasteiger partial charge in [-0.3, -0.25) is 0 Å². The number of hydrogen-bond donors (Lipinski definition) is 0. The molecule has 0 spiro atoms. The first-order valence-electron chi connectivity index (χ1n) is 6.42. The molecule has 2 aliphatic heterocycles. The van der Waals surface area contributed by atoms with Crippen LogP contribution in [-0.4, -0.2) is 29.6 Å². The molecule has 0 aliphatic carbocycles. The van der Waals surface area contributed by atoms with Crippen LogP contribution in [0.5, 0.6) is 0 Å². The van der Waals surface area contributed by atoms with Crippen molar-refractivity contribution in [1.82, 2.24) is 4.31 Å². The average Bonchev–Trinajstić information content (AvgIpc) is 2.63. The minimum absolute atomic E-state index is 0.153. The third-order valence-corrected chi connectivity index (χ3v) is 7.77. The summed E-state index contributed by atoms with van der Waals surface area (Å²) in [5.41, 5.74) is 0. The van der Waals surface area contributed by atoms with E-state index in [9.17, 15) is 8.42 Å². The number of alkyl halides is 1. The van der Waals surface area contributed by atoms with Gasteiger partial charge in [0.15, 0.2) is 0 Å². The van der Waals surface area contributed by atoms with Crippen LogP contribution in [0.3, 0.4) is 0 Å². The third-order valence-electron chi connectivity index (χ3n) is 4.00. The van der Waals surface area contributed by atoms with Crippen LogP contribution in [0.2, 0.25) is 0 Å². The molecule has 19 heavy (non-hydrogen) atoms. The van der Waals surface area contributed by atoms with Gasteiger partial charge in [-0.25, -0.2) is 8.42 Å². The fourth-order valence-corrected chi connectivity index (χ4v) is 6.95. The predicted molar refractivity (Wildman–Crippen MR) is 81.9 cm³/mol. The van der Waals surface area contributed by atoms with Gasteiger partial charge < -0.3 is 0 Å². The highest BCUT2D eigenvalue weighted by Crippen LogP contribution is 2.42. The molecule has 3 rings (SSSR count). The molecule has 0 aromatic heterocycles.